The standard InChI is InChI=1S/C26H31N5O5.C23H27N5O5/c1-4-5-6-22(32)20-7-8-21-24(28-20)31(17-10-12-30(21)14-17)25(33)29-23-13-18(9-11-27-23)34-15-19-16-35-26(2,3)36-19;1-2-3-4-20(31)18-5-6-19-22(25-18)28(15-8-10-27(19)12-15)23(32)26-21-11-17(7-9-24-21)33-14-16(30)13-29/h4,7-9,11,13,17,19H,1,5-6,10,12,14-16H2,2-3H3,(H,27,29,33);2,5-7,9,11,15-16,29-30H,1,3-4,8,10,12-14H2,(H,24,26,32)/t17-,19-;15-,16+/m00/s1. The van der Waals surface area contributed by atoms with E-state index in [2.05, 4.69) is 53.5 Å². The third kappa shape index (κ3) is 11.5. The van der Waals surface area contributed by atoms with Crippen LogP contribution in [0.25, 0.3) is 0 Å². The van der Waals surface area contributed by atoms with Crippen LogP contribution in [-0.4, -0.2) is 136 Å². The Labute approximate surface area is 399 Å². The van der Waals surface area contributed by atoms with Crippen LogP contribution in [-0.2, 0) is 9.47 Å². The van der Waals surface area contributed by atoms with Crippen LogP contribution in [0.5, 0.6) is 11.5 Å². The summed E-state index contributed by atoms with van der Waals surface area (Å²) in [5.74, 6) is 1.78. The minimum Gasteiger partial charge on any atom is -0.491 e. The molecule has 0 aromatic carbocycles. The van der Waals surface area contributed by atoms with Gasteiger partial charge in [-0.05, 0) is 75.9 Å². The summed E-state index contributed by atoms with van der Waals surface area (Å²) in [7, 11) is 0. The second kappa shape index (κ2) is 21.5. The van der Waals surface area contributed by atoms with E-state index in [0.29, 0.717) is 85.8 Å². The Morgan fingerprint density at radius 3 is 1.77 bits per heavy atom. The van der Waals surface area contributed by atoms with Gasteiger partial charge < -0.3 is 39.0 Å². The van der Waals surface area contributed by atoms with Crippen molar-refractivity contribution in [2.75, 3.05) is 82.8 Å². The largest absolute Gasteiger partial charge is 0.491 e. The molecule has 20 nitrogen and oxygen atoms in total. The molecule has 3 saturated heterocycles. The van der Waals surface area contributed by atoms with Crippen LogP contribution in [0.1, 0.15) is 73.3 Å². The number of rotatable bonds is 17. The molecule has 0 saturated carbocycles. The third-order valence-corrected chi connectivity index (χ3v) is 12.2. The fourth-order valence-electron chi connectivity index (χ4n) is 8.73. The van der Waals surface area contributed by atoms with E-state index in [0.717, 1.165) is 43.9 Å². The fourth-order valence-corrected chi connectivity index (χ4v) is 8.73. The minimum absolute atomic E-state index is 0.0363. The van der Waals surface area contributed by atoms with Gasteiger partial charge in [0.15, 0.2) is 29.0 Å². The van der Waals surface area contributed by atoms with Crippen molar-refractivity contribution in [2.45, 2.75) is 82.5 Å². The zero-order valence-corrected chi connectivity index (χ0v) is 38.8. The Bertz CT molecular complexity index is 2560. The van der Waals surface area contributed by atoms with Gasteiger partial charge in [0.25, 0.3) is 0 Å². The molecule has 0 spiro atoms. The van der Waals surface area contributed by atoms with E-state index in [1.807, 2.05) is 26.0 Å². The number of carbonyl (C=O) groups is 4. The Kier molecular flexibility index (Phi) is 15.1. The molecule has 5 aliphatic rings. The highest BCUT2D eigenvalue weighted by atomic mass is 16.7. The predicted octanol–water partition coefficient (Wildman–Crippen LogP) is 5.77. The number of nitrogens with one attached hydrogen (secondary N) is 2. The van der Waals surface area contributed by atoms with Gasteiger partial charge in [-0.25, -0.2) is 29.5 Å². The highest BCUT2D eigenvalue weighted by Crippen LogP contribution is 2.41. The number of anilines is 6. The number of hydrogen-bond acceptors (Lipinski definition) is 16. The molecule has 3 fully saturated rings. The number of pyridine rings is 4. The molecule has 4 N–H and O–H groups in total. The smallest absolute Gasteiger partial charge is 0.329 e. The van der Waals surface area contributed by atoms with E-state index < -0.39 is 24.5 Å². The topological polar surface area (TPSA) is 234 Å². The first-order chi connectivity index (χ1) is 33.3. The molecule has 0 unspecified atom stereocenters. The zero-order valence-electron chi connectivity index (χ0n) is 38.8. The van der Waals surface area contributed by atoms with Gasteiger partial charge in [-0.3, -0.25) is 30.0 Å². The van der Waals surface area contributed by atoms with Gasteiger partial charge in [0.2, 0.25) is 0 Å². The third-order valence-electron chi connectivity index (χ3n) is 12.2. The number of ketones is 2. The number of Topliss-reactive ketones (excluding diaryl/α,β-unsaturated/α-hetero) is 2. The number of carbonyl (C=O) groups excluding carboxylic acids is 4. The maximum atomic E-state index is 13.5. The Balaban J connectivity index is 0.000000187. The number of urea groups is 2. The maximum Gasteiger partial charge on any atom is 0.329 e. The van der Waals surface area contributed by atoms with Crippen molar-refractivity contribution < 1.29 is 48.3 Å². The number of amides is 4. The number of aliphatic hydroxyl groups excluding tert-OH is 2. The van der Waals surface area contributed by atoms with Crippen molar-refractivity contribution in [1.82, 2.24) is 19.9 Å². The fraction of sp³-hybridized carbons (Fsp3) is 0.429. The van der Waals surface area contributed by atoms with Crippen LogP contribution in [0.4, 0.5) is 44.2 Å². The summed E-state index contributed by atoms with van der Waals surface area (Å²) >= 11 is 0. The summed E-state index contributed by atoms with van der Waals surface area (Å²) in [6.45, 7) is 14.4. The zero-order chi connectivity index (χ0) is 48.7. The molecule has 69 heavy (non-hydrogen) atoms. The minimum atomic E-state index is -0.999. The number of hydrogen-bond donors (Lipinski definition) is 4. The molecule has 0 radical (unpaired) electrons. The highest BCUT2D eigenvalue weighted by molar-refractivity contribution is 6.06. The molecule has 20 heteroatoms. The van der Waals surface area contributed by atoms with E-state index in [9.17, 15) is 24.3 Å². The van der Waals surface area contributed by atoms with Crippen molar-refractivity contribution in [3.8, 4) is 11.5 Å². The molecule has 4 aromatic rings. The van der Waals surface area contributed by atoms with E-state index in [1.165, 1.54) is 12.3 Å². The van der Waals surface area contributed by atoms with Crippen LogP contribution in [0.2, 0.25) is 0 Å². The van der Waals surface area contributed by atoms with Crippen LogP contribution in [0, 0.1) is 0 Å². The van der Waals surface area contributed by atoms with Crippen molar-refractivity contribution >= 4 is 58.3 Å². The summed E-state index contributed by atoms with van der Waals surface area (Å²) < 4.78 is 22.6. The quantitative estimate of drug-likeness (QED) is 0.0726. The number of aromatic nitrogens is 4. The van der Waals surface area contributed by atoms with Crippen molar-refractivity contribution in [3.63, 3.8) is 0 Å². The van der Waals surface area contributed by atoms with E-state index >= 15 is 0 Å². The lowest BCUT2D eigenvalue weighted by Gasteiger charge is -2.35. The molecular weight excluding hydrogens is 889 g/mol. The molecule has 4 bridgehead atoms. The van der Waals surface area contributed by atoms with Gasteiger partial charge in [0.1, 0.15) is 59.9 Å². The average Bonchev–Trinajstić information content (AvgIpc) is 4.08. The summed E-state index contributed by atoms with van der Waals surface area (Å²) in [4.78, 5) is 77.1. The lowest BCUT2D eigenvalue weighted by Crippen LogP contribution is -2.48. The average molecular weight is 947 g/mol. The van der Waals surface area contributed by atoms with Crippen molar-refractivity contribution in [2.24, 2.45) is 0 Å². The molecule has 9 rings (SSSR count). The first-order valence-corrected chi connectivity index (χ1v) is 23.1. The van der Waals surface area contributed by atoms with Crippen LogP contribution in [0.15, 0.2) is 86.2 Å². The molecule has 4 aromatic heterocycles. The summed E-state index contributed by atoms with van der Waals surface area (Å²) in [6, 6.07) is 12.9. The van der Waals surface area contributed by atoms with Crippen molar-refractivity contribution in [1.29, 1.82) is 0 Å². The second-order valence-corrected chi connectivity index (χ2v) is 17.6. The molecule has 9 heterocycles. The van der Waals surface area contributed by atoms with Gasteiger partial charge in [-0.2, -0.15) is 0 Å². The summed E-state index contributed by atoms with van der Waals surface area (Å²) in [5, 5.41) is 24.0. The maximum absolute atomic E-state index is 13.5. The number of nitrogens with zero attached hydrogens (tertiary/aromatic N) is 8. The molecule has 5 aliphatic heterocycles. The molecule has 0 aliphatic carbocycles. The molecule has 364 valence electrons. The van der Waals surface area contributed by atoms with Gasteiger partial charge in [-0.15, -0.1) is 13.2 Å². The van der Waals surface area contributed by atoms with Crippen molar-refractivity contribution in [3.05, 3.63) is 97.6 Å². The van der Waals surface area contributed by atoms with E-state index in [1.54, 1.807) is 58.5 Å². The molecule has 4 atom stereocenters. The Morgan fingerprint density at radius 1 is 0.797 bits per heavy atom. The van der Waals surface area contributed by atoms with E-state index in [-0.39, 0.29) is 48.2 Å². The SMILES string of the molecule is C=CCCC(=O)c1ccc2c(n1)N(C(=O)Nc1cc(OC[C@H](O)CO)ccn1)[C@H]1CCN2C1.C=CCCC(=O)c1ccc2c(n1)N(C(=O)Nc1cc(OC[C@H]3COC(C)(C)O3)ccn1)[C@H]1CCN2C1. The Morgan fingerprint density at radius 2 is 1.30 bits per heavy atom. The first-order valence-electron chi connectivity index (χ1n) is 23.1. The Hall–Kier alpha value is -7.00. The predicted molar refractivity (Wildman–Crippen MR) is 258 cm³/mol. The number of fused-ring (bicyclic) bond motifs is 8. The second-order valence-electron chi connectivity index (χ2n) is 17.6. The number of aliphatic hydroxyl groups is 2. The molecule has 4 amide bonds. The lowest BCUT2D eigenvalue weighted by molar-refractivity contribution is -0.141. The van der Waals surface area contributed by atoms with Gasteiger partial charge in [-0.1, -0.05) is 12.2 Å². The van der Waals surface area contributed by atoms with E-state index in [4.69, 9.17) is 24.1 Å². The lowest BCUT2D eigenvalue weighted by atomic mass is 10.1. The van der Waals surface area contributed by atoms with Gasteiger partial charge in [0.05, 0.1) is 36.7 Å². The van der Waals surface area contributed by atoms with Gasteiger partial charge in [0, 0.05) is 63.5 Å². The summed E-state index contributed by atoms with van der Waals surface area (Å²) in [6.07, 6.45) is 8.70. The number of allylic oxidation sites excluding steroid dienone is 2. The highest BCUT2D eigenvalue weighted by Gasteiger charge is 2.42. The van der Waals surface area contributed by atoms with Gasteiger partial charge >= 0.3 is 12.1 Å². The molecular formula is C49H58N10O10. The summed E-state index contributed by atoms with van der Waals surface area (Å²) in [5.41, 5.74) is 2.35. The number of ether oxygens (including phenoxy) is 4. The normalized spacial score (nSPS) is 19.6. The van der Waals surface area contributed by atoms with Crippen LogP contribution in [0.3, 0.4) is 0 Å². The van der Waals surface area contributed by atoms with Crippen LogP contribution < -0.4 is 39.7 Å². The van der Waals surface area contributed by atoms with Crippen LogP contribution >= 0.6 is 0 Å². The first kappa shape index (κ1) is 48.5. The monoisotopic (exact) mass is 946 g/mol.